The molecule has 0 aromatic carbocycles. The highest BCUT2D eigenvalue weighted by atomic mass is 32.2. The minimum atomic E-state index is -3.51. The SMILES string of the molecule is CC1CN(S(=O)(=O)c2ccc(CNC3CC3)cn2)CCO1. The van der Waals surface area contributed by atoms with Gasteiger partial charge in [-0.3, -0.25) is 0 Å². The Labute approximate surface area is 125 Å². The van der Waals surface area contributed by atoms with Gasteiger partial charge in [-0.15, -0.1) is 0 Å². The van der Waals surface area contributed by atoms with E-state index in [4.69, 9.17) is 4.74 Å². The molecule has 1 N–H and O–H groups in total. The molecule has 0 bridgehead atoms. The van der Waals surface area contributed by atoms with E-state index in [9.17, 15) is 8.42 Å². The van der Waals surface area contributed by atoms with Crippen LogP contribution in [-0.2, 0) is 21.3 Å². The van der Waals surface area contributed by atoms with Gasteiger partial charge >= 0.3 is 0 Å². The summed E-state index contributed by atoms with van der Waals surface area (Å²) in [6, 6.07) is 4.06. The van der Waals surface area contributed by atoms with Gasteiger partial charge in [0, 0.05) is 31.9 Å². The first-order valence-electron chi connectivity index (χ1n) is 7.36. The summed E-state index contributed by atoms with van der Waals surface area (Å²) in [5, 5.41) is 3.50. The zero-order chi connectivity index (χ0) is 14.9. The Morgan fingerprint density at radius 3 is 2.86 bits per heavy atom. The van der Waals surface area contributed by atoms with Crippen LogP contribution in [0.4, 0.5) is 0 Å². The zero-order valence-electron chi connectivity index (χ0n) is 12.2. The van der Waals surface area contributed by atoms with Crippen LogP contribution < -0.4 is 5.32 Å². The fourth-order valence-electron chi connectivity index (χ4n) is 2.35. The van der Waals surface area contributed by atoms with Crippen LogP contribution in [0.25, 0.3) is 0 Å². The van der Waals surface area contributed by atoms with Crippen LogP contribution >= 0.6 is 0 Å². The van der Waals surface area contributed by atoms with E-state index in [2.05, 4.69) is 10.3 Å². The molecule has 1 saturated heterocycles. The summed E-state index contributed by atoms with van der Waals surface area (Å²) >= 11 is 0. The minimum absolute atomic E-state index is 0.0736. The van der Waals surface area contributed by atoms with Crippen LogP contribution in [0, 0.1) is 0 Å². The second-order valence-electron chi connectivity index (χ2n) is 5.70. The molecule has 1 aliphatic heterocycles. The molecule has 21 heavy (non-hydrogen) atoms. The van der Waals surface area contributed by atoms with Gasteiger partial charge < -0.3 is 10.1 Å². The molecule has 2 heterocycles. The van der Waals surface area contributed by atoms with Crippen LogP contribution in [0.5, 0.6) is 0 Å². The van der Waals surface area contributed by atoms with Gasteiger partial charge in [-0.2, -0.15) is 4.31 Å². The predicted octanol–water partition coefficient (Wildman–Crippen LogP) is 0.743. The van der Waals surface area contributed by atoms with Crippen molar-refractivity contribution in [2.45, 2.75) is 43.5 Å². The Kier molecular flexibility index (Phi) is 4.26. The Balaban J connectivity index is 1.69. The summed E-state index contributed by atoms with van der Waals surface area (Å²) in [4.78, 5) is 4.14. The van der Waals surface area contributed by atoms with Gasteiger partial charge in [-0.1, -0.05) is 6.07 Å². The van der Waals surface area contributed by atoms with Crippen LogP contribution in [0.2, 0.25) is 0 Å². The number of ether oxygens (including phenoxy) is 1. The first-order chi connectivity index (χ1) is 10.1. The second-order valence-corrected chi connectivity index (χ2v) is 7.59. The summed E-state index contributed by atoms with van der Waals surface area (Å²) in [6.45, 7) is 3.83. The van der Waals surface area contributed by atoms with Gasteiger partial charge in [0.25, 0.3) is 10.0 Å². The lowest BCUT2D eigenvalue weighted by molar-refractivity contribution is 0.0101. The highest BCUT2D eigenvalue weighted by molar-refractivity contribution is 7.89. The van der Waals surface area contributed by atoms with Crippen molar-refractivity contribution in [1.29, 1.82) is 0 Å². The quantitative estimate of drug-likeness (QED) is 0.868. The van der Waals surface area contributed by atoms with E-state index in [0.717, 1.165) is 12.1 Å². The number of pyridine rings is 1. The van der Waals surface area contributed by atoms with Gasteiger partial charge in [0.05, 0.1) is 12.7 Å². The Morgan fingerprint density at radius 1 is 1.43 bits per heavy atom. The Morgan fingerprint density at radius 2 is 2.24 bits per heavy atom. The van der Waals surface area contributed by atoms with Crippen molar-refractivity contribution in [1.82, 2.24) is 14.6 Å². The molecule has 0 amide bonds. The molecular formula is C14H21N3O3S. The third-order valence-corrected chi connectivity index (χ3v) is 5.56. The van der Waals surface area contributed by atoms with Gasteiger partial charge in [0.1, 0.15) is 0 Å². The molecule has 1 atom stereocenters. The lowest BCUT2D eigenvalue weighted by atomic mass is 10.3. The highest BCUT2D eigenvalue weighted by Crippen LogP contribution is 2.20. The summed E-state index contributed by atoms with van der Waals surface area (Å²) in [5.41, 5.74) is 1.01. The molecule has 1 aliphatic carbocycles. The minimum Gasteiger partial charge on any atom is -0.376 e. The van der Waals surface area contributed by atoms with Crippen LogP contribution in [0.15, 0.2) is 23.4 Å². The highest BCUT2D eigenvalue weighted by Gasteiger charge is 2.30. The maximum atomic E-state index is 12.5. The summed E-state index contributed by atoms with van der Waals surface area (Å²) in [6.07, 6.45) is 4.03. The van der Waals surface area contributed by atoms with Gasteiger partial charge in [-0.25, -0.2) is 13.4 Å². The fourth-order valence-corrected chi connectivity index (χ4v) is 3.77. The molecule has 6 nitrogen and oxygen atoms in total. The van der Waals surface area contributed by atoms with E-state index in [0.29, 0.717) is 25.7 Å². The average molecular weight is 311 g/mol. The van der Waals surface area contributed by atoms with Crippen molar-refractivity contribution < 1.29 is 13.2 Å². The monoisotopic (exact) mass is 311 g/mol. The normalized spacial score (nSPS) is 24.1. The summed E-state index contributed by atoms with van der Waals surface area (Å²) < 4.78 is 31.9. The smallest absolute Gasteiger partial charge is 0.260 e. The maximum absolute atomic E-state index is 12.5. The van der Waals surface area contributed by atoms with E-state index >= 15 is 0 Å². The number of aromatic nitrogens is 1. The van der Waals surface area contributed by atoms with E-state index in [1.54, 1.807) is 12.3 Å². The molecule has 1 unspecified atom stereocenters. The average Bonchev–Trinajstić information content (AvgIpc) is 3.30. The van der Waals surface area contributed by atoms with Crippen molar-refractivity contribution in [3.05, 3.63) is 23.9 Å². The standard InChI is InChI=1S/C14H21N3O3S/c1-11-10-17(6-7-20-11)21(18,19)14-5-2-12(9-16-14)8-15-13-3-4-13/h2,5,9,11,13,15H,3-4,6-8,10H2,1H3. The number of nitrogens with one attached hydrogen (secondary N) is 1. The summed E-state index contributed by atoms with van der Waals surface area (Å²) in [5.74, 6) is 0. The van der Waals surface area contributed by atoms with Crippen molar-refractivity contribution in [2.24, 2.45) is 0 Å². The number of nitrogens with zero attached hydrogens (tertiary/aromatic N) is 2. The lowest BCUT2D eigenvalue weighted by Gasteiger charge is -2.29. The topological polar surface area (TPSA) is 71.5 Å². The van der Waals surface area contributed by atoms with E-state index in [-0.39, 0.29) is 11.1 Å². The molecule has 0 spiro atoms. The molecule has 2 fully saturated rings. The molecule has 0 radical (unpaired) electrons. The van der Waals surface area contributed by atoms with E-state index in [1.807, 2.05) is 13.0 Å². The van der Waals surface area contributed by atoms with Gasteiger partial charge in [0.15, 0.2) is 5.03 Å². The Hall–Kier alpha value is -1.02. The lowest BCUT2D eigenvalue weighted by Crippen LogP contribution is -2.44. The van der Waals surface area contributed by atoms with Crippen LogP contribution in [-0.4, -0.2) is 49.5 Å². The molecule has 116 valence electrons. The molecule has 1 aromatic rings. The largest absolute Gasteiger partial charge is 0.376 e. The molecular weight excluding hydrogens is 290 g/mol. The number of hydrogen-bond donors (Lipinski definition) is 1. The number of rotatable bonds is 5. The van der Waals surface area contributed by atoms with E-state index in [1.165, 1.54) is 17.1 Å². The Bertz CT molecular complexity index is 584. The molecule has 7 heteroatoms. The van der Waals surface area contributed by atoms with Gasteiger partial charge in [-0.05, 0) is 31.4 Å². The maximum Gasteiger partial charge on any atom is 0.260 e. The van der Waals surface area contributed by atoms with Crippen LogP contribution in [0.1, 0.15) is 25.3 Å². The number of hydrogen-bond acceptors (Lipinski definition) is 5. The molecule has 2 aliphatic rings. The molecule has 1 aromatic heterocycles. The number of sulfonamides is 1. The van der Waals surface area contributed by atoms with E-state index < -0.39 is 10.0 Å². The first kappa shape index (κ1) is 14.9. The second kappa shape index (κ2) is 6.00. The third-order valence-electron chi connectivity index (χ3n) is 3.78. The van der Waals surface area contributed by atoms with Crippen molar-refractivity contribution >= 4 is 10.0 Å². The first-order valence-corrected chi connectivity index (χ1v) is 8.80. The molecule has 1 saturated carbocycles. The zero-order valence-corrected chi connectivity index (χ0v) is 13.0. The van der Waals surface area contributed by atoms with Crippen LogP contribution in [0.3, 0.4) is 0 Å². The van der Waals surface area contributed by atoms with Crippen molar-refractivity contribution in [2.75, 3.05) is 19.7 Å². The van der Waals surface area contributed by atoms with Gasteiger partial charge in [0.2, 0.25) is 0 Å². The third kappa shape index (κ3) is 3.60. The van der Waals surface area contributed by atoms with Crippen molar-refractivity contribution in [3.63, 3.8) is 0 Å². The van der Waals surface area contributed by atoms with Crippen molar-refractivity contribution in [3.8, 4) is 0 Å². The summed E-state index contributed by atoms with van der Waals surface area (Å²) in [7, 11) is -3.51. The number of morpholine rings is 1. The predicted molar refractivity (Wildman–Crippen MR) is 78.3 cm³/mol. The molecule has 3 rings (SSSR count). The fraction of sp³-hybridized carbons (Fsp3) is 0.643.